The zero-order valence-corrected chi connectivity index (χ0v) is 15.3. The molecule has 3 aliphatic heterocycles. The van der Waals surface area contributed by atoms with E-state index < -0.39 is 0 Å². The molecular weight excluding hydrogens is 359 g/mol. The van der Waals surface area contributed by atoms with E-state index in [1.165, 1.54) is 0 Å². The van der Waals surface area contributed by atoms with Crippen molar-refractivity contribution in [3.8, 4) is 6.19 Å². The highest BCUT2D eigenvalue weighted by Crippen LogP contribution is 2.37. The number of rotatable bonds is 3. The summed E-state index contributed by atoms with van der Waals surface area (Å²) in [5.41, 5.74) is 0.961. The summed E-state index contributed by atoms with van der Waals surface area (Å²) in [5, 5.41) is 13.7. The highest BCUT2D eigenvalue weighted by atomic mass is 35.5. The van der Waals surface area contributed by atoms with E-state index in [1.54, 1.807) is 6.07 Å². The van der Waals surface area contributed by atoms with Crippen molar-refractivity contribution in [3.05, 3.63) is 28.2 Å². The number of anilines is 1. The molecule has 2 bridgehead atoms. The summed E-state index contributed by atoms with van der Waals surface area (Å²) in [6.45, 7) is 1.49. The molecule has 3 aliphatic rings. The predicted molar refractivity (Wildman–Crippen MR) is 97.6 cm³/mol. The fourth-order valence-electron chi connectivity index (χ4n) is 4.53. The molecule has 3 fully saturated rings. The molecule has 1 N–H and O–H groups in total. The molecule has 3 saturated heterocycles. The van der Waals surface area contributed by atoms with Crippen molar-refractivity contribution in [1.29, 1.82) is 5.26 Å². The van der Waals surface area contributed by atoms with Crippen LogP contribution < -0.4 is 10.2 Å². The molecule has 1 aromatic carbocycles. The lowest BCUT2D eigenvalue weighted by atomic mass is 9.95. The predicted octanol–water partition coefficient (Wildman–Crippen LogP) is 3.02. The van der Waals surface area contributed by atoms with Gasteiger partial charge in [-0.05, 0) is 43.9 Å². The van der Waals surface area contributed by atoms with Crippen LogP contribution in [0.1, 0.15) is 25.7 Å². The first-order valence-corrected chi connectivity index (χ1v) is 9.50. The SMILES string of the molecule is N#CN1[C@H]2CC[C@@H]1[C@H](NC(=O)C1CCN(c3cc(Cl)cc(Cl)c3)C1)C2. The Labute approximate surface area is 157 Å². The molecule has 1 aromatic rings. The molecule has 4 rings (SSSR count). The summed E-state index contributed by atoms with van der Waals surface area (Å²) in [6, 6.07) is 6.09. The minimum Gasteiger partial charge on any atom is -0.371 e. The van der Waals surface area contributed by atoms with Crippen LogP contribution in [0.2, 0.25) is 10.0 Å². The molecule has 5 nitrogen and oxygen atoms in total. The number of nitrogens with one attached hydrogen (secondary N) is 1. The highest BCUT2D eigenvalue weighted by molar-refractivity contribution is 6.35. The Morgan fingerprint density at radius 1 is 1.20 bits per heavy atom. The second kappa shape index (κ2) is 6.59. The van der Waals surface area contributed by atoms with Gasteiger partial charge in [-0.3, -0.25) is 4.79 Å². The third-order valence-electron chi connectivity index (χ3n) is 5.75. The number of hydrogen-bond acceptors (Lipinski definition) is 4. The molecule has 0 aromatic heterocycles. The maximum atomic E-state index is 12.7. The molecule has 132 valence electrons. The van der Waals surface area contributed by atoms with Gasteiger partial charge >= 0.3 is 0 Å². The molecule has 1 amide bonds. The van der Waals surface area contributed by atoms with Gasteiger partial charge in [0.15, 0.2) is 6.19 Å². The summed E-state index contributed by atoms with van der Waals surface area (Å²) in [7, 11) is 0. The van der Waals surface area contributed by atoms with E-state index in [0.717, 1.165) is 37.9 Å². The average molecular weight is 379 g/mol. The van der Waals surface area contributed by atoms with Gasteiger partial charge in [-0.25, -0.2) is 0 Å². The molecule has 7 heteroatoms. The van der Waals surface area contributed by atoms with Gasteiger partial charge in [-0.1, -0.05) is 23.2 Å². The fraction of sp³-hybridized carbons (Fsp3) is 0.556. The van der Waals surface area contributed by atoms with Gasteiger partial charge in [0.2, 0.25) is 5.91 Å². The number of fused-ring (bicyclic) bond motifs is 2. The van der Waals surface area contributed by atoms with Crippen LogP contribution in [-0.4, -0.2) is 42.0 Å². The summed E-state index contributed by atoms with van der Waals surface area (Å²) < 4.78 is 0. The smallest absolute Gasteiger partial charge is 0.225 e. The Bertz CT molecular complexity index is 714. The van der Waals surface area contributed by atoms with Gasteiger partial charge in [0.1, 0.15) is 0 Å². The van der Waals surface area contributed by atoms with E-state index in [9.17, 15) is 10.1 Å². The fourth-order valence-corrected chi connectivity index (χ4v) is 5.05. The zero-order chi connectivity index (χ0) is 17.6. The third kappa shape index (κ3) is 3.14. The number of nitrogens with zero attached hydrogens (tertiary/aromatic N) is 3. The Kier molecular flexibility index (Phi) is 4.43. The Balaban J connectivity index is 1.37. The van der Waals surface area contributed by atoms with Gasteiger partial charge in [-0.15, -0.1) is 0 Å². The lowest BCUT2D eigenvalue weighted by Crippen LogP contribution is -2.46. The molecule has 1 unspecified atom stereocenters. The summed E-state index contributed by atoms with van der Waals surface area (Å²) >= 11 is 12.2. The van der Waals surface area contributed by atoms with Crippen LogP contribution in [0.5, 0.6) is 0 Å². The van der Waals surface area contributed by atoms with Crippen LogP contribution in [0.4, 0.5) is 5.69 Å². The summed E-state index contributed by atoms with van der Waals surface area (Å²) in [4.78, 5) is 16.7. The third-order valence-corrected chi connectivity index (χ3v) is 6.19. The highest BCUT2D eigenvalue weighted by Gasteiger charge is 2.47. The van der Waals surface area contributed by atoms with Crippen molar-refractivity contribution in [1.82, 2.24) is 10.2 Å². The molecule has 0 aliphatic carbocycles. The Morgan fingerprint density at radius 3 is 2.64 bits per heavy atom. The minimum atomic E-state index is -0.0348. The van der Waals surface area contributed by atoms with Crippen molar-refractivity contribution in [2.24, 2.45) is 5.92 Å². The standard InChI is InChI=1S/C18H20Cl2N4O/c19-12-5-13(20)7-15(6-12)23-4-3-11(9-23)18(25)22-16-8-14-1-2-17(16)24(14)10-21/h5-7,11,14,16-17H,1-4,8-9H2,(H,22,25)/t11?,14-,16+,17+/m0/s1. The van der Waals surface area contributed by atoms with Crippen molar-refractivity contribution in [2.45, 2.75) is 43.8 Å². The molecule has 0 radical (unpaired) electrons. The first-order chi connectivity index (χ1) is 12.0. The Morgan fingerprint density at radius 2 is 1.96 bits per heavy atom. The lowest BCUT2D eigenvalue weighted by molar-refractivity contribution is -0.125. The number of nitriles is 1. The largest absolute Gasteiger partial charge is 0.371 e. The van der Waals surface area contributed by atoms with Crippen molar-refractivity contribution >= 4 is 34.8 Å². The minimum absolute atomic E-state index is 0.0348. The van der Waals surface area contributed by atoms with E-state index in [0.29, 0.717) is 22.6 Å². The number of amides is 1. The lowest BCUT2D eigenvalue weighted by Gasteiger charge is -2.24. The van der Waals surface area contributed by atoms with Gasteiger partial charge in [0.25, 0.3) is 0 Å². The van der Waals surface area contributed by atoms with E-state index in [2.05, 4.69) is 16.4 Å². The number of carbonyl (C=O) groups is 1. The monoisotopic (exact) mass is 378 g/mol. The van der Waals surface area contributed by atoms with Gasteiger partial charge in [-0.2, -0.15) is 5.26 Å². The number of benzene rings is 1. The van der Waals surface area contributed by atoms with Crippen LogP contribution in [0.25, 0.3) is 0 Å². The second-order valence-electron chi connectivity index (χ2n) is 7.22. The average Bonchev–Trinajstić information content (AvgIpc) is 3.27. The van der Waals surface area contributed by atoms with E-state index in [1.807, 2.05) is 17.0 Å². The van der Waals surface area contributed by atoms with E-state index >= 15 is 0 Å². The molecule has 0 spiro atoms. The normalized spacial score (nSPS) is 30.6. The molecular formula is C18H20Cl2N4O. The van der Waals surface area contributed by atoms with Gasteiger partial charge in [0, 0.05) is 34.9 Å². The maximum Gasteiger partial charge on any atom is 0.225 e. The van der Waals surface area contributed by atoms with Crippen molar-refractivity contribution in [2.75, 3.05) is 18.0 Å². The van der Waals surface area contributed by atoms with E-state index in [-0.39, 0.29) is 23.9 Å². The van der Waals surface area contributed by atoms with Crippen molar-refractivity contribution in [3.63, 3.8) is 0 Å². The van der Waals surface area contributed by atoms with Crippen LogP contribution in [0.3, 0.4) is 0 Å². The molecule has 25 heavy (non-hydrogen) atoms. The maximum absolute atomic E-state index is 12.7. The van der Waals surface area contributed by atoms with Crippen molar-refractivity contribution < 1.29 is 4.79 Å². The number of carbonyl (C=O) groups excluding carboxylic acids is 1. The first-order valence-electron chi connectivity index (χ1n) is 8.74. The summed E-state index contributed by atoms with van der Waals surface area (Å²) in [5.74, 6) is 0.0680. The molecule has 0 saturated carbocycles. The topological polar surface area (TPSA) is 59.4 Å². The number of halogens is 2. The molecule has 3 heterocycles. The van der Waals surface area contributed by atoms with Crippen LogP contribution in [0, 0.1) is 17.4 Å². The van der Waals surface area contributed by atoms with E-state index in [4.69, 9.17) is 23.2 Å². The van der Waals surface area contributed by atoms with Gasteiger partial charge in [0.05, 0.1) is 18.0 Å². The second-order valence-corrected chi connectivity index (χ2v) is 8.09. The van der Waals surface area contributed by atoms with Gasteiger partial charge < -0.3 is 15.1 Å². The number of hydrogen-bond donors (Lipinski definition) is 1. The van der Waals surface area contributed by atoms with Crippen LogP contribution in [0.15, 0.2) is 18.2 Å². The van der Waals surface area contributed by atoms with Crippen LogP contribution >= 0.6 is 23.2 Å². The quantitative estimate of drug-likeness (QED) is 0.821. The Hall–Kier alpha value is -1.64. The molecule has 4 atom stereocenters. The zero-order valence-electron chi connectivity index (χ0n) is 13.8. The summed E-state index contributed by atoms with van der Waals surface area (Å²) in [6.07, 6.45) is 6.07. The van der Waals surface area contributed by atoms with Crippen LogP contribution in [-0.2, 0) is 4.79 Å². The first kappa shape index (κ1) is 16.8.